The van der Waals surface area contributed by atoms with E-state index in [0.717, 1.165) is 61.4 Å². The average molecular weight is 839 g/mol. The Morgan fingerprint density at radius 1 is 0.672 bits per heavy atom. The Labute approximate surface area is 355 Å². The van der Waals surface area contributed by atoms with Gasteiger partial charge in [-0.15, -0.1) is 0 Å². The minimum Gasteiger partial charge on any atom is -0.389 e. The molecule has 0 bridgehead atoms. The highest BCUT2D eigenvalue weighted by Gasteiger charge is 2.50. The number of benzene rings is 4. The van der Waals surface area contributed by atoms with Crippen molar-refractivity contribution in [2.24, 2.45) is 4.99 Å². The predicted octanol–water partition coefficient (Wildman–Crippen LogP) is 13.8. The number of aliphatic imine (C=N–C) groups is 1. The standard InChI is InChI=1S/C50H53BF6N2O2/c1-31-14-16-35(17-15-31)44-40-13-11-10-12-39(40)43(58-44)32(2)45-41(33-18-22-36(23-19-33)46(3,4)5)26-42(34-20-24-37(25-21-34)47(6,7)8)59(45)51-60-28-38(61-51)27-49(54,55)30-50(56,57)29-48(9,52)53/h10-26,38H,27-30H2,1-9H3/b43-32-. The lowest BCUT2D eigenvalue weighted by Crippen LogP contribution is -2.37. The van der Waals surface area contributed by atoms with Gasteiger partial charge in [0.05, 0.1) is 37.0 Å². The van der Waals surface area contributed by atoms with Crippen LogP contribution in [0.15, 0.2) is 108 Å². The van der Waals surface area contributed by atoms with Crippen molar-refractivity contribution < 1.29 is 35.7 Å². The van der Waals surface area contributed by atoms with Crippen molar-refractivity contribution in [1.82, 2.24) is 4.48 Å². The van der Waals surface area contributed by atoms with E-state index in [1.165, 1.54) is 0 Å². The van der Waals surface area contributed by atoms with Crippen molar-refractivity contribution in [2.45, 2.75) is 116 Å². The number of halogens is 6. The van der Waals surface area contributed by atoms with Gasteiger partial charge >= 0.3 is 7.25 Å². The fourth-order valence-electron chi connectivity index (χ4n) is 8.29. The topological polar surface area (TPSA) is 35.8 Å². The highest BCUT2D eigenvalue weighted by molar-refractivity contribution is 6.45. The zero-order valence-electron chi connectivity index (χ0n) is 36.3. The number of alkyl halides is 6. The largest absolute Gasteiger partial charge is 0.598 e. The number of aryl methyl sites for hydroxylation is 1. The van der Waals surface area contributed by atoms with Crippen LogP contribution in [0.3, 0.4) is 0 Å². The molecule has 4 aromatic carbocycles. The molecular formula is C50H53BF6N2O2. The summed E-state index contributed by atoms with van der Waals surface area (Å²) in [4.78, 5) is 5.30. The van der Waals surface area contributed by atoms with E-state index in [-0.39, 0.29) is 17.4 Å². The Kier molecular flexibility index (Phi) is 11.7. The van der Waals surface area contributed by atoms with Crippen LogP contribution in [-0.4, -0.2) is 47.9 Å². The van der Waals surface area contributed by atoms with Gasteiger partial charge in [-0.3, -0.25) is 0 Å². The molecule has 1 unspecified atom stereocenters. The van der Waals surface area contributed by atoms with Crippen LogP contribution in [0.2, 0.25) is 0 Å². The summed E-state index contributed by atoms with van der Waals surface area (Å²) in [5.41, 5.74) is 12.1. The first-order chi connectivity index (χ1) is 28.4. The van der Waals surface area contributed by atoms with Crippen molar-refractivity contribution in [3.63, 3.8) is 0 Å². The molecule has 4 nitrogen and oxygen atoms in total. The molecule has 0 N–H and O–H groups in total. The lowest BCUT2D eigenvalue weighted by atomic mass is 9.86. The van der Waals surface area contributed by atoms with Crippen LogP contribution >= 0.6 is 0 Å². The van der Waals surface area contributed by atoms with E-state index in [1.54, 1.807) is 0 Å². The molecule has 0 radical (unpaired) electrons. The first kappa shape index (κ1) is 44.2. The Balaban J connectivity index is 1.41. The molecular weight excluding hydrogens is 785 g/mol. The second-order valence-corrected chi connectivity index (χ2v) is 18.9. The second-order valence-electron chi connectivity index (χ2n) is 18.9. The molecule has 2 aliphatic rings. The van der Waals surface area contributed by atoms with Gasteiger partial charge in [0.25, 0.3) is 17.8 Å². The quantitative estimate of drug-likeness (QED) is 0.0981. The second kappa shape index (κ2) is 16.1. The van der Waals surface area contributed by atoms with Gasteiger partial charge in [0.2, 0.25) is 0 Å². The summed E-state index contributed by atoms with van der Waals surface area (Å²) >= 11 is 0. The molecule has 2 aliphatic heterocycles. The summed E-state index contributed by atoms with van der Waals surface area (Å²) in [5, 5.41) is 0. The molecule has 0 spiro atoms. The van der Waals surface area contributed by atoms with Crippen molar-refractivity contribution >= 4 is 24.2 Å². The van der Waals surface area contributed by atoms with Crippen molar-refractivity contribution in [3.05, 3.63) is 142 Å². The highest BCUT2D eigenvalue weighted by Crippen LogP contribution is 2.45. The van der Waals surface area contributed by atoms with Crippen LogP contribution < -0.4 is 0 Å². The van der Waals surface area contributed by atoms with Crippen molar-refractivity contribution in [3.8, 4) is 22.4 Å². The molecule has 0 aliphatic carbocycles. The van der Waals surface area contributed by atoms with Gasteiger partial charge in [-0.05, 0) is 65.5 Å². The predicted molar refractivity (Wildman–Crippen MR) is 235 cm³/mol. The van der Waals surface area contributed by atoms with Gasteiger partial charge in [-0.1, -0.05) is 144 Å². The molecule has 320 valence electrons. The first-order valence-electron chi connectivity index (χ1n) is 20.7. The number of hydrogen-bond donors (Lipinski definition) is 0. The molecule has 1 fully saturated rings. The molecule has 0 amide bonds. The van der Waals surface area contributed by atoms with Crippen LogP contribution in [0.5, 0.6) is 0 Å². The van der Waals surface area contributed by atoms with Crippen LogP contribution in [0, 0.1) is 6.92 Å². The maximum Gasteiger partial charge on any atom is 0.598 e. The van der Waals surface area contributed by atoms with Crippen molar-refractivity contribution in [1.29, 1.82) is 0 Å². The van der Waals surface area contributed by atoms with Crippen LogP contribution in [-0.2, 0) is 20.1 Å². The average Bonchev–Trinajstić information content (AvgIpc) is 3.88. The number of aromatic nitrogens is 1. The minimum absolute atomic E-state index is 0.107. The van der Waals surface area contributed by atoms with E-state index in [1.807, 2.05) is 85.1 Å². The third kappa shape index (κ3) is 9.78. The smallest absolute Gasteiger partial charge is 0.389 e. The number of hydrogen-bond acceptors (Lipinski definition) is 3. The zero-order valence-corrected chi connectivity index (χ0v) is 36.3. The lowest BCUT2D eigenvalue weighted by molar-refractivity contribution is -0.158. The van der Waals surface area contributed by atoms with E-state index < -0.39 is 50.4 Å². The number of fused-ring (bicyclic) bond motifs is 1. The molecule has 1 aromatic heterocycles. The maximum atomic E-state index is 15.4. The third-order valence-electron chi connectivity index (χ3n) is 11.4. The summed E-state index contributed by atoms with van der Waals surface area (Å²) in [6.07, 6.45) is -6.46. The van der Waals surface area contributed by atoms with E-state index in [4.69, 9.17) is 14.3 Å². The molecule has 7 rings (SSSR count). The van der Waals surface area contributed by atoms with Gasteiger partial charge in [0.15, 0.2) is 0 Å². The Morgan fingerprint density at radius 2 is 1.21 bits per heavy atom. The molecule has 61 heavy (non-hydrogen) atoms. The van der Waals surface area contributed by atoms with Crippen LogP contribution in [0.4, 0.5) is 26.3 Å². The fourth-order valence-corrected chi connectivity index (χ4v) is 8.29. The van der Waals surface area contributed by atoms with E-state index >= 15 is 8.78 Å². The lowest BCUT2D eigenvalue weighted by Gasteiger charge is -2.26. The highest BCUT2D eigenvalue weighted by atomic mass is 19.3. The van der Waals surface area contributed by atoms with Gasteiger partial charge in [0, 0.05) is 40.1 Å². The fraction of sp³-hybridized carbons (Fsp3) is 0.380. The van der Waals surface area contributed by atoms with Crippen LogP contribution in [0.25, 0.3) is 33.7 Å². The van der Waals surface area contributed by atoms with Gasteiger partial charge in [-0.25, -0.2) is 31.3 Å². The molecule has 1 saturated heterocycles. The molecule has 11 heteroatoms. The van der Waals surface area contributed by atoms with Crippen LogP contribution in [0.1, 0.15) is 114 Å². The molecule has 0 saturated carbocycles. The monoisotopic (exact) mass is 838 g/mol. The summed E-state index contributed by atoms with van der Waals surface area (Å²) in [6, 6.07) is 34.7. The van der Waals surface area contributed by atoms with Gasteiger partial charge in [-0.2, -0.15) is 0 Å². The number of allylic oxidation sites excluding steroid dienone is 1. The third-order valence-corrected chi connectivity index (χ3v) is 11.4. The SMILES string of the molecule is C/C(=C1/N=C(c2ccc(C)cc2)c2ccccc21)c1c(-c2ccc(C(C)(C)C)cc2)cc(-c2ccc(C(C)(C)C)cc2)n1B1OCC(CC(F)(F)CC(F)(F)CC(C)(F)F)O1. The minimum atomic E-state index is -4.29. The summed E-state index contributed by atoms with van der Waals surface area (Å²) in [6.45, 7) is 16.8. The summed E-state index contributed by atoms with van der Waals surface area (Å²) in [7, 11) is -1.26. The van der Waals surface area contributed by atoms with E-state index in [9.17, 15) is 17.6 Å². The van der Waals surface area contributed by atoms with E-state index in [0.29, 0.717) is 24.0 Å². The molecule has 5 aromatic rings. The summed E-state index contributed by atoms with van der Waals surface area (Å²) < 4.78 is 101. The Morgan fingerprint density at radius 3 is 1.77 bits per heavy atom. The number of nitrogens with zero attached hydrogens (tertiary/aromatic N) is 2. The summed E-state index contributed by atoms with van der Waals surface area (Å²) in [5.74, 6) is -12.1. The molecule has 3 heterocycles. The first-order valence-corrected chi connectivity index (χ1v) is 20.7. The normalized spacial score (nSPS) is 17.2. The van der Waals surface area contributed by atoms with Crippen molar-refractivity contribution in [2.75, 3.05) is 6.61 Å². The Bertz CT molecular complexity index is 2450. The van der Waals surface area contributed by atoms with Gasteiger partial charge < -0.3 is 13.8 Å². The molecule has 1 atom stereocenters. The Hall–Kier alpha value is -4.87. The van der Waals surface area contributed by atoms with Gasteiger partial charge in [0.1, 0.15) is 0 Å². The number of rotatable bonds is 11. The van der Waals surface area contributed by atoms with E-state index in [2.05, 4.69) is 77.9 Å². The zero-order chi connectivity index (χ0) is 44.3. The maximum absolute atomic E-state index is 15.4.